The zero-order valence-electron chi connectivity index (χ0n) is 16.4. The van der Waals surface area contributed by atoms with Crippen molar-refractivity contribution < 1.29 is 27.4 Å². The molecule has 1 aromatic heterocycles. The van der Waals surface area contributed by atoms with E-state index in [2.05, 4.69) is 15.5 Å². The maximum Gasteiger partial charge on any atom is 0.311 e. The number of nitrogens with zero attached hydrogens (tertiary/aromatic N) is 2. The summed E-state index contributed by atoms with van der Waals surface area (Å²) in [5, 5.41) is 6.17. The van der Waals surface area contributed by atoms with Gasteiger partial charge in [-0.1, -0.05) is 0 Å². The molecule has 0 aliphatic heterocycles. The molecule has 2 aromatic carbocycles. The number of hydrogen-bond acceptors (Lipinski definition) is 7. The first kappa shape index (κ1) is 22.3. The predicted molar refractivity (Wildman–Crippen MR) is 111 cm³/mol. The summed E-state index contributed by atoms with van der Waals surface area (Å²) in [5.74, 6) is -2.54. The van der Waals surface area contributed by atoms with Gasteiger partial charge in [0.1, 0.15) is 18.2 Å². The minimum atomic E-state index is -0.761. The summed E-state index contributed by atoms with van der Waals surface area (Å²) in [7, 11) is 0. The van der Waals surface area contributed by atoms with E-state index in [-0.39, 0.29) is 30.3 Å². The van der Waals surface area contributed by atoms with Crippen molar-refractivity contribution in [3.8, 4) is 5.75 Å². The molecular formula is C21H18F3N3O3S. The summed E-state index contributed by atoms with van der Waals surface area (Å²) >= 11 is 1.26. The zero-order chi connectivity index (χ0) is 22.2. The molecule has 0 radical (unpaired) electrons. The van der Waals surface area contributed by atoms with Gasteiger partial charge in [-0.2, -0.15) is 5.10 Å². The first-order chi connectivity index (χ1) is 14.9. The van der Waals surface area contributed by atoms with Gasteiger partial charge in [0.15, 0.2) is 11.6 Å². The number of rotatable bonds is 9. The second-order valence-electron chi connectivity index (χ2n) is 6.21. The molecule has 0 unspecified atom stereocenters. The van der Waals surface area contributed by atoms with E-state index in [1.54, 1.807) is 18.4 Å². The normalized spacial score (nSPS) is 11.0. The molecule has 0 saturated heterocycles. The van der Waals surface area contributed by atoms with Crippen LogP contribution in [0.5, 0.6) is 5.75 Å². The van der Waals surface area contributed by atoms with Crippen molar-refractivity contribution in [2.24, 2.45) is 5.10 Å². The van der Waals surface area contributed by atoms with E-state index in [0.717, 1.165) is 12.1 Å². The molecule has 3 rings (SSSR count). The minimum absolute atomic E-state index is 0.0719. The number of ether oxygens (including phenoxy) is 2. The van der Waals surface area contributed by atoms with Crippen molar-refractivity contribution in [2.75, 3.05) is 12.0 Å². The number of anilines is 1. The van der Waals surface area contributed by atoms with Crippen molar-refractivity contribution in [2.45, 2.75) is 20.0 Å². The average Bonchev–Trinajstić information content (AvgIpc) is 3.15. The zero-order valence-corrected chi connectivity index (χ0v) is 17.2. The summed E-state index contributed by atoms with van der Waals surface area (Å²) in [6.45, 7) is 1.80. The Kier molecular flexibility index (Phi) is 7.60. The summed E-state index contributed by atoms with van der Waals surface area (Å²) in [6, 6.07) is 7.25. The molecule has 0 fully saturated rings. The maximum atomic E-state index is 14.2. The first-order valence-corrected chi connectivity index (χ1v) is 10.1. The number of benzene rings is 2. The number of halogens is 3. The van der Waals surface area contributed by atoms with Gasteiger partial charge in [0.2, 0.25) is 5.13 Å². The van der Waals surface area contributed by atoms with E-state index < -0.39 is 17.5 Å². The highest BCUT2D eigenvalue weighted by atomic mass is 32.1. The molecule has 0 aliphatic carbocycles. The van der Waals surface area contributed by atoms with Gasteiger partial charge in [-0.05, 0) is 42.8 Å². The lowest BCUT2D eigenvalue weighted by molar-refractivity contribution is -0.142. The van der Waals surface area contributed by atoms with Gasteiger partial charge in [0.05, 0.1) is 24.9 Å². The lowest BCUT2D eigenvalue weighted by Gasteiger charge is -2.08. The van der Waals surface area contributed by atoms with Crippen LogP contribution in [-0.4, -0.2) is 23.8 Å². The van der Waals surface area contributed by atoms with E-state index in [0.29, 0.717) is 23.0 Å². The Labute approximate surface area is 180 Å². The Bertz CT molecular complexity index is 1090. The SMILES string of the molecule is CCOC(=O)Cc1csc(NN=Cc2ccc(OCc3ccc(F)cc3F)c(F)c2)n1. The van der Waals surface area contributed by atoms with Crippen molar-refractivity contribution in [3.63, 3.8) is 0 Å². The first-order valence-electron chi connectivity index (χ1n) is 9.20. The number of esters is 1. The second kappa shape index (κ2) is 10.6. The van der Waals surface area contributed by atoms with Crippen molar-refractivity contribution in [1.82, 2.24) is 4.98 Å². The highest BCUT2D eigenvalue weighted by molar-refractivity contribution is 7.13. The van der Waals surface area contributed by atoms with Crippen LogP contribution in [-0.2, 0) is 22.6 Å². The molecule has 0 amide bonds. The smallest absolute Gasteiger partial charge is 0.311 e. The fourth-order valence-corrected chi connectivity index (χ4v) is 3.13. The van der Waals surface area contributed by atoms with Gasteiger partial charge in [-0.3, -0.25) is 10.2 Å². The van der Waals surface area contributed by atoms with Gasteiger partial charge in [-0.15, -0.1) is 11.3 Å². The van der Waals surface area contributed by atoms with Crippen LogP contribution in [0.1, 0.15) is 23.7 Å². The van der Waals surface area contributed by atoms with Gasteiger partial charge < -0.3 is 9.47 Å². The minimum Gasteiger partial charge on any atom is -0.486 e. The molecule has 31 heavy (non-hydrogen) atoms. The average molecular weight is 449 g/mol. The standard InChI is InChI=1S/C21H18F3N3O3S/c1-2-29-20(28)9-16-12-31-21(26-16)27-25-10-13-3-6-19(18(24)7-13)30-11-14-4-5-15(22)8-17(14)23/h3-8,10,12H,2,9,11H2,1H3,(H,26,27). The number of aromatic nitrogens is 1. The predicted octanol–water partition coefficient (Wildman–Crippen LogP) is 4.69. The highest BCUT2D eigenvalue weighted by Crippen LogP contribution is 2.21. The van der Waals surface area contributed by atoms with Gasteiger partial charge in [0, 0.05) is 17.0 Å². The number of thiazole rings is 1. The Balaban J connectivity index is 1.54. The molecule has 10 heteroatoms. The van der Waals surface area contributed by atoms with Gasteiger partial charge in [0.25, 0.3) is 0 Å². The van der Waals surface area contributed by atoms with Crippen LogP contribution in [0.15, 0.2) is 46.9 Å². The summed E-state index contributed by atoms with van der Waals surface area (Å²) in [4.78, 5) is 15.7. The molecular weight excluding hydrogens is 431 g/mol. The molecule has 1 N–H and O–H groups in total. The molecule has 0 spiro atoms. The monoisotopic (exact) mass is 449 g/mol. The molecule has 3 aromatic rings. The van der Waals surface area contributed by atoms with Crippen LogP contribution in [0.25, 0.3) is 0 Å². The molecule has 0 saturated carbocycles. The quantitative estimate of drug-likeness (QED) is 0.292. The summed E-state index contributed by atoms with van der Waals surface area (Å²) in [5.41, 5.74) is 3.84. The van der Waals surface area contributed by atoms with Crippen LogP contribution in [0.3, 0.4) is 0 Å². The Hall–Kier alpha value is -3.40. The van der Waals surface area contributed by atoms with Crippen LogP contribution in [0, 0.1) is 17.5 Å². The number of nitrogens with one attached hydrogen (secondary N) is 1. The Morgan fingerprint density at radius 1 is 1.19 bits per heavy atom. The molecule has 0 bridgehead atoms. The van der Waals surface area contributed by atoms with Crippen LogP contribution < -0.4 is 10.2 Å². The van der Waals surface area contributed by atoms with Crippen LogP contribution in [0.2, 0.25) is 0 Å². The molecule has 1 heterocycles. The molecule has 0 atom stereocenters. The third-order valence-electron chi connectivity index (χ3n) is 3.91. The number of hydrogen-bond donors (Lipinski definition) is 1. The highest BCUT2D eigenvalue weighted by Gasteiger charge is 2.09. The lowest BCUT2D eigenvalue weighted by Crippen LogP contribution is -2.07. The number of carbonyl (C=O) groups is 1. The van der Waals surface area contributed by atoms with Crippen molar-refractivity contribution in [1.29, 1.82) is 0 Å². The van der Waals surface area contributed by atoms with E-state index in [4.69, 9.17) is 9.47 Å². The Morgan fingerprint density at radius 2 is 2.03 bits per heavy atom. The molecule has 6 nitrogen and oxygen atoms in total. The van der Waals surface area contributed by atoms with Crippen LogP contribution >= 0.6 is 11.3 Å². The fraction of sp³-hybridized carbons (Fsp3) is 0.190. The molecule has 0 aliphatic rings. The molecule has 162 valence electrons. The van der Waals surface area contributed by atoms with E-state index in [9.17, 15) is 18.0 Å². The second-order valence-corrected chi connectivity index (χ2v) is 7.07. The van der Waals surface area contributed by atoms with Crippen LogP contribution in [0.4, 0.5) is 18.3 Å². The fourth-order valence-electron chi connectivity index (χ4n) is 2.47. The Morgan fingerprint density at radius 3 is 2.77 bits per heavy atom. The largest absolute Gasteiger partial charge is 0.486 e. The topological polar surface area (TPSA) is 72.8 Å². The summed E-state index contributed by atoms with van der Waals surface area (Å²) in [6.07, 6.45) is 1.46. The van der Waals surface area contributed by atoms with Crippen molar-refractivity contribution >= 4 is 28.7 Å². The van der Waals surface area contributed by atoms with Gasteiger partial charge in [-0.25, -0.2) is 18.2 Å². The lowest BCUT2D eigenvalue weighted by atomic mass is 10.2. The third-order valence-corrected chi connectivity index (χ3v) is 4.71. The number of carbonyl (C=O) groups excluding carboxylic acids is 1. The third kappa shape index (κ3) is 6.54. The number of hydrazone groups is 1. The van der Waals surface area contributed by atoms with E-state index in [1.165, 1.54) is 35.8 Å². The van der Waals surface area contributed by atoms with Crippen molar-refractivity contribution in [3.05, 3.63) is 76.1 Å². The van der Waals surface area contributed by atoms with Gasteiger partial charge >= 0.3 is 5.97 Å². The maximum absolute atomic E-state index is 14.2. The van der Waals surface area contributed by atoms with E-state index >= 15 is 0 Å². The van der Waals surface area contributed by atoms with E-state index in [1.807, 2.05) is 0 Å². The summed E-state index contributed by atoms with van der Waals surface area (Å²) < 4.78 is 50.9.